The molecule has 1 aliphatic rings. The molecule has 0 radical (unpaired) electrons. The predicted octanol–water partition coefficient (Wildman–Crippen LogP) is 2.19. The summed E-state index contributed by atoms with van der Waals surface area (Å²) in [6, 6.07) is 0.656. The third-order valence-corrected chi connectivity index (χ3v) is 3.19. The Bertz CT molecular complexity index is 156. The Morgan fingerprint density at radius 2 is 2.08 bits per heavy atom. The number of ether oxygens (including phenoxy) is 1. The lowest BCUT2D eigenvalue weighted by Crippen LogP contribution is -2.61. The summed E-state index contributed by atoms with van der Waals surface area (Å²) in [7, 11) is 0. The monoisotopic (exact) mass is 185 g/mol. The average Bonchev–Trinajstić information content (AvgIpc) is 2.10. The molecule has 1 rings (SSSR count). The zero-order valence-corrected chi connectivity index (χ0v) is 9.39. The van der Waals surface area contributed by atoms with Gasteiger partial charge in [-0.3, -0.25) is 0 Å². The van der Waals surface area contributed by atoms with E-state index in [4.69, 9.17) is 4.74 Å². The summed E-state index contributed by atoms with van der Waals surface area (Å²) in [5.41, 5.74) is 0.325. The van der Waals surface area contributed by atoms with Crippen molar-refractivity contribution < 1.29 is 4.74 Å². The molecule has 1 fully saturated rings. The number of hydrogen-bond donors (Lipinski definition) is 1. The van der Waals surface area contributed by atoms with Crippen molar-refractivity contribution in [3.8, 4) is 0 Å². The van der Waals surface area contributed by atoms with Crippen LogP contribution < -0.4 is 5.32 Å². The molecule has 0 unspecified atom stereocenters. The summed E-state index contributed by atoms with van der Waals surface area (Å²) in [6.45, 7) is 10.8. The topological polar surface area (TPSA) is 21.3 Å². The van der Waals surface area contributed by atoms with Gasteiger partial charge in [0.25, 0.3) is 0 Å². The molecule has 1 N–H and O–H groups in total. The molecule has 2 heteroatoms. The summed E-state index contributed by atoms with van der Waals surface area (Å²) in [5.74, 6) is 0. The van der Waals surface area contributed by atoms with Crippen molar-refractivity contribution >= 4 is 0 Å². The van der Waals surface area contributed by atoms with Gasteiger partial charge in [-0.05, 0) is 26.3 Å². The lowest BCUT2D eigenvalue weighted by Gasteiger charge is -2.52. The lowest BCUT2D eigenvalue weighted by atomic mass is 9.64. The normalized spacial score (nSPS) is 31.4. The molecule has 0 amide bonds. The van der Waals surface area contributed by atoms with Crippen molar-refractivity contribution in [3.63, 3.8) is 0 Å². The van der Waals surface area contributed by atoms with Gasteiger partial charge < -0.3 is 10.1 Å². The van der Waals surface area contributed by atoms with Crippen molar-refractivity contribution in [3.05, 3.63) is 0 Å². The molecule has 1 saturated carbocycles. The van der Waals surface area contributed by atoms with Crippen LogP contribution in [0.5, 0.6) is 0 Å². The quantitative estimate of drug-likeness (QED) is 0.709. The molecule has 0 aliphatic heterocycles. The SMILES string of the molecule is CCCN[C@@H]1C[C@@H](OCC)C1(C)C. The van der Waals surface area contributed by atoms with E-state index in [1.807, 2.05) is 0 Å². The van der Waals surface area contributed by atoms with E-state index in [0.717, 1.165) is 13.2 Å². The Kier molecular flexibility index (Phi) is 3.74. The minimum absolute atomic E-state index is 0.325. The Morgan fingerprint density at radius 1 is 1.38 bits per heavy atom. The molecule has 0 spiro atoms. The molecule has 13 heavy (non-hydrogen) atoms. The number of hydrogen-bond acceptors (Lipinski definition) is 2. The molecule has 1 aliphatic carbocycles. The fourth-order valence-corrected chi connectivity index (χ4v) is 2.03. The zero-order chi connectivity index (χ0) is 9.90. The maximum Gasteiger partial charge on any atom is 0.0655 e. The average molecular weight is 185 g/mol. The lowest BCUT2D eigenvalue weighted by molar-refractivity contribution is -0.113. The largest absolute Gasteiger partial charge is 0.378 e. The highest BCUT2D eigenvalue weighted by molar-refractivity contribution is 5.02. The molecule has 0 heterocycles. The first-order valence-electron chi connectivity index (χ1n) is 5.47. The smallest absolute Gasteiger partial charge is 0.0655 e. The van der Waals surface area contributed by atoms with E-state index in [-0.39, 0.29) is 0 Å². The van der Waals surface area contributed by atoms with E-state index in [2.05, 4.69) is 33.0 Å². The van der Waals surface area contributed by atoms with Gasteiger partial charge in [-0.25, -0.2) is 0 Å². The molecule has 0 saturated heterocycles. The fraction of sp³-hybridized carbons (Fsp3) is 1.00. The highest BCUT2D eigenvalue weighted by Crippen LogP contribution is 2.42. The highest BCUT2D eigenvalue weighted by Gasteiger charge is 2.48. The Morgan fingerprint density at radius 3 is 2.54 bits per heavy atom. The van der Waals surface area contributed by atoms with Crippen LogP contribution in [0.4, 0.5) is 0 Å². The maximum atomic E-state index is 5.66. The van der Waals surface area contributed by atoms with Crippen LogP contribution in [0.2, 0.25) is 0 Å². The number of rotatable bonds is 5. The van der Waals surface area contributed by atoms with Gasteiger partial charge in [-0.2, -0.15) is 0 Å². The van der Waals surface area contributed by atoms with Crippen LogP contribution in [-0.2, 0) is 4.74 Å². The van der Waals surface area contributed by atoms with E-state index in [9.17, 15) is 0 Å². The van der Waals surface area contributed by atoms with Crippen LogP contribution in [-0.4, -0.2) is 25.3 Å². The Hall–Kier alpha value is -0.0800. The van der Waals surface area contributed by atoms with Gasteiger partial charge in [-0.1, -0.05) is 20.8 Å². The van der Waals surface area contributed by atoms with E-state index < -0.39 is 0 Å². The van der Waals surface area contributed by atoms with Crippen LogP contribution in [0.1, 0.15) is 40.5 Å². The standard InChI is InChI=1S/C11H23NO/c1-5-7-12-9-8-10(13-6-2)11(9,3)4/h9-10,12H,5-8H2,1-4H3/t9-,10-/m1/s1. The molecular weight excluding hydrogens is 162 g/mol. The molecule has 0 aromatic carbocycles. The van der Waals surface area contributed by atoms with Crippen LogP contribution in [0.15, 0.2) is 0 Å². The molecule has 0 aromatic rings. The molecule has 2 atom stereocenters. The van der Waals surface area contributed by atoms with Gasteiger partial charge in [0, 0.05) is 18.1 Å². The van der Waals surface area contributed by atoms with Crippen LogP contribution in [0, 0.1) is 5.41 Å². The minimum Gasteiger partial charge on any atom is -0.378 e. The van der Waals surface area contributed by atoms with E-state index in [0.29, 0.717) is 17.6 Å². The van der Waals surface area contributed by atoms with Gasteiger partial charge in [-0.15, -0.1) is 0 Å². The number of nitrogens with one attached hydrogen (secondary N) is 1. The first kappa shape index (κ1) is 11.0. The van der Waals surface area contributed by atoms with E-state index >= 15 is 0 Å². The van der Waals surface area contributed by atoms with E-state index in [1.54, 1.807) is 0 Å². The second-order valence-corrected chi connectivity index (χ2v) is 4.51. The van der Waals surface area contributed by atoms with Crippen LogP contribution in [0.3, 0.4) is 0 Å². The van der Waals surface area contributed by atoms with Crippen LogP contribution >= 0.6 is 0 Å². The second kappa shape index (κ2) is 4.43. The summed E-state index contributed by atoms with van der Waals surface area (Å²) >= 11 is 0. The van der Waals surface area contributed by atoms with Crippen molar-refractivity contribution in [1.82, 2.24) is 5.32 Å². The van der Waals surface area contributed by atoms with Gasteiger partial charge in [0.1, 0.15) is 0 Å². The van der Waals surface area contributed by atoms with E-state index in [1.165, 1.54) is 12.8 Å². The molecule has 78 valence electrons. The van der Waals surface area contributed by atoms with Gasteiger partial charge in [0.05, 0.1) is 6.10 Å². The van der Waals surface area contributed by atoms with Gasteiger partial charge in [0.2, 0.25) is 0 Å². The first-order valence-corrected chi connectivity index (χ1v) is 5.47. The van der Waals surface area contributed by atoms with Crippen molar-refractivity contribution in [2.24, 2.45) is 5.41 Å². The second-order valence-electron chi connectivity index (χ2n) is 4.51. The molecule has 0 aromatic heterocycles. The van der Waals surface area contributed by atoms with Crippen molar-refractivity contribution in [2.45, 2.75) is 52.7 Å². The molecular formula is C11H23NO. The highest BCUT2D eigenvalue weighted by atomic mass is 16.5. The zero-order valence-electron chi connectivity index (χ0n) is 9.39. The van der Waals surface area contributed by atoms with Gasteiger partial charge in [0.15, 0.2) is 0 Å². The third-order valence-electron chi connectivity index (χ3n) is 3.19. The van der Waals surface area contributed by atoms with Crippen molar-refractivity contribution in [2.75, 3.05) is 13.2 Å². The summed E-state index contributed by atoms with van der Waals surface area (Å²) in [6.07, 6.45) is 2.86. The fourth-order valence-electron chi connectivity index (χ4n) is 2.03. The Labute approximate surface area is 82.0 Å². The predicted molar refractivity (Wildman–Crippen MR) is 55.9 cm³/mol. The third kappa shape index (κ3) is 2.23. The minimum atomic E-state index is 0.325. The van der Waals surface area contributed by atoms with Crippen molar-refractivity contribution in [1.29, 1.82) is 0 Å². The molecule has 0 bridgehead atoms. The first-order chi connectivity index (χ1) is 6.12. The summed E-state index contributed by atoms with van der Waals surface area (Å²) < 4.78 is 5.66. The van der Waals surface area contributed by atoms with Gasteiger partial charge >= 0.3 is 0 Å². The summed E-state index contributed by atoms with van der Waals surface area (Å²) in [5, 5.41) is 3.57. The molecule has 2 nitrogen and oxygen atoms in total. The Balaban J connectivity index is 2.30. The summed E-state index contributed by atoms with van der Waals surface area (Å²) in [4.78, 5) is 0. The van der Waals surface area contributed by atoms with Crippen LogP contribution in [0.25, 0.3) is 0 Å². The maximum absolute atomic E-state index is 5.66.